The molecule has 1 fully saturated rings. The van der Waals surface area contributed by atoms with Gasteiger partial charge in [-0.1, -0.05) is 49.6 Å². The van der Waals surface area contributed by atoms with Crippen LogP contribution in [-0.2, 0) is 26.0 Å². The summed E-state index contributed by atoms with van der Waals surface area (Å²) in [4.78, 5) is 24.1. The summed E-state index contributed by atoms with van der Waals surface area (Å²) in [5.74, 6) is -0.709. The average Bonchev–Trinajstić information content (AvgIpc) is 2.81. The summed E-state index contributed by atoms with van der Waals surface area (Å²) < 4.78 is 28.1. The van der Waals surface area contributed by atoms with Crippen LogP contribution in [0.5, 0.6) is 0 Å². The Kier molecular flexibility index (Phi) is 9.98. The molecular weight excluding hydrogens is 464 g/mol. The van der Waals surface area contributed by atoms with Crippen LogP contribution in [0.3, 0.4) is 0 Å². The molecule has 3 rings (SSSR count). The van der Waals surface area contributed by atoms with Gasteiger partial charge in [0.2, 0.25) is 15.9 Å². The molecule has 8 nitrogen and oxygen atoms in total. The van der Waals surface area contributed by atoms with Crippen LogP contribution in [0.1, 0.15) is 57.4 Å². The summed E-state index contributed by atoms with van der Waals surface area (Å²) in [7, 11) is -3.95. The van der Waals surface area contributed by atoms with Gasteiger partial charge in [-0.3, -0.25) is 9.59 Å². The van der Waals surface area contributed by atoms with Gasteiger partial charge in [0.05, 0.1) is 11.4 Å². The van der Waals surface area contributed by atoms with Crippen LogP contribution in [0.4, 0.5) is 5.69 Å². The number of hydrazone groups is 1. The number of benzene rings is 2. The Balaban J connectivity index is 1.74. The number of rotatable bonds is 9. The number of hydrogen-bond donors (Lipinski definition) is 2. The summed E-state index contributed by atoms with van der Waals surface area (Å²) in [6, 6.07) is 15.5. The maximum absolute atomic E-state index is 13.4. The highest BCUT2D eigenvalue weighted by Gasteiger charge is 2.26. The van der Waals surface area contributed by atoms with Crippen molar-refractivity contribution in [2.24, 2.45) is 5.10 Å². The van der Waals surface area contributed by atoms with Crippen LogP contribution >= 0.6 is 0 Å². The van der Waals surface area contributed by atoms with Crippen LogP contribution < -0.4 is 10.7 Å². The first kappa shape index (κ1) is 26.6. The number of carbonyl (C=O) groups excluding carboxylic acids is 2. The molecule has 2 aromatic carbocycles. The molecule has 1 saturated carbocycles. The second-order valence-corrected chi connectivity index (χ2v) is 10.7. The van der Waals surface area contributed by atoms with E-state index in [4.69, 9.17) is 0 Å². The van der Waals surface area contributed by atoms with Crippen molar-refractivity contribution in [3.8, 4) is 0 Å². The molecule has 188 valence electrons. The topological polar surface area (TPSA) is 108 Å². The van der Waals surface area contributed by atoms with Gasteiger partial charge in [0.15, 0.2) is 0 Å². The largest absolute Gasteiger partial charge is 0.326 e. The molecule has 1 aliphatic rings. The standard InChI is InChI=1S/C26H34N4O4S/c1-21(31)27-23-14-16-25(17-15-23)35(33,34)30(19-18-22-10-6-5-7-11-22)20-26(32)29-28-24-12-8-3-2-4-9-13-24/h5-7,10-11,14-17H,2-4,8-9,12-13,18-20H2,1H3,(H,27,31)(H,29,32). The average molecular weight is 499 g/mol. The molecule has 2 aromatic rings. The second kappa shape index (κ2) is 13.2. The summed E-state index contributed by atoms with van der Waals surface area (Å²) >= 11 is 0. The molecule has 0 spiro atoms. The normalized spacial score (nSPS) is 14.6. The highest BCUT2D eigenvalue weighted by Crippen LogP contribution is 2.19. The van der Waals surface area contributed by atoms with Gasteiger partial charge in [0.1, 0.15) is 0 Å². The first-order valence-electron chi connectivity index (χ1n) is 12.1. The SMILES string of the molecule is CC(=O)Nc1ccc(S(=O)(=O)N(CCc2ccccc2)CC(=O)NN=C2CCCCCCC2)cc1. The van der Waals surface area contributed by atoms with Crippen LogP contribution in [0.15, 0.2) is 64.6 Å². The number of sulfonamides is 1. The Hall–Kier alpha value is -3.04. The molecule has 0 bridgehead atoms. The first-order chi connectivity index (χ1) is 16.8. The van der Waals surface area contributed by atoms with Gasteiger partial charge < -0.3 is 5.32 Å². The fraction of sp³-hybridized carbons (Fsp3) is 0.423. The zero-order chi connectivity index (χ0) is 25.1. The number of carbonyl (C=O) groups is 2. The summed E-state index contributed by atoms with van der Waals surface area (Å²) in [6.45, 7) is 1.19. The van der Waals surface area contributed by atoms with E-state index in [1.165, 1.54) is 54.8 Å². The van der Waals surface area contributed by atoms with E-state index in [1.807, 2.05) is 30.3 Å². The number of nitrogens with one attached hydrogen (secondary N) is 2. The molecule has 1 aliphatic carbocycles. The van der Waals surface area contributed by atoms with Gasteiger partial charge in [0.25, 0.3) is 5.91 Å². The monoisotopic (exact) mass is 498 g/mol. The van der Waals surface area contributed by atoms with Gasteiger partial charge >= 0.3 is 0 Å². The zero-order valence-corrected chi connectivity index (χ0v) is 21.0. The number of anilines is 1. The van der Waals surface area contributed by atoms with Crippen LogP contribution in [0.2, 0.25) is 0 Å². The van der Waals surface area contributed by atoms with Crippen molar-refractivity contribution in [1.82, 2.24) is 9.73 Å². The predicted octanol–water partition coefficient (Wildman–Crippen LogP) is 4.09. The van der Waals surface area contributed by atoms with Crippen molar-refractivity contribution in [3.05, 3.63) is 60.2 Å². The van der Waals surface area contributed by atoms with Crippen molar-refractivity contribution < 1.29 is 18.0 Å². The minimum Gasteiger partial charge on any atom is -0.326 e. The van der Waals surface area contributed by atoms with E-state index in [1.54, 1.807) is 0 Å². The molecule has 0 radical (unpaired) electrons. The lowest BCUT2D eigenvalue weighted by Gasteiger charge is -2.22. The Morgan fingerprint density at radius 1 is 0.914 bits per heavy atom. The van der Waals surface area contributed by atoms with Crippen molar-refractivity contribution in [3.63, 3.8) is 0 Å². The van der Waals surface area contributed by atoms with Crippen molar-refractivity contribution in [2.75, 3.05) is 18.4 Å². The molecule has 0 unspecified atom stereocenters. The molecule has 2 amide bonds. The van der Waals surface area contributed by atoms with E-state index in [2.05, 4.69) is 15.8 Å². The van der Waals surface area contributed by atoms with E-state index in [-0.39, 0.29) is 23.9 Å². The molecule has 2 N–H and O–H groups in total. The lowest BCUT2D eigenvalue weighted by Crippen LogP contribution is -2.40. The van der Waals surface area contributed by atoms with E-state index in [0.29, 0.717) is 12.1 Å². The molecule has 0 atom stereocenters. The van der Waals surface area contributed by atoms with Crippen LogP contribution in [-0.4, -0.2) is 43.3 Å². The summed E-state index contributed by atoms with van der Waals surface area (Å²) in [5, 5.41) is 6.93. The number of amides is 2. The third kappa shape index (κ3) is 8.60. The second-order valence-electron chi connectivity index (χ2n) is 8.76. The van der Waals surface area contributed by atoms with Gasteiger partial charge in [-0.25, -0.2) is 13.8 Å². The number of hydrogen-bond acceptors (Lipinski definition) is 5. The van der Waals surface area contributed by atoms with Crippen LogP contribution in [0.25, 0.3) is 0 Å². The Labute approximate surface area is 207 Å². The molecule has 0 aliphatic heterocycles. The van der Waals surface area contributed by atoms with Crippen LogP contribution in [0, 0.1) is 0 Å². The van der Waals surface area contributed by atoms with Gasteiger partial charge in [-0.05, 0) is 61.9 Å². The van der Waals surface area contributed by atoms with Crippen molar-refractivity contribution in [1.29, 1.82) is 0 Å². The molecule has 35 heavy (non-hydrogen) atoms. The predicted molar refractivity (Wildman–Crippen MR) is 138 cm³/mol. The summed E-state index contributed by atoms with van der Waals surface area (Å²) in [5.41, 5.74) is 5.02. The summed E-state index contributed by atoms with van der Waals surface area (Å²) in [6.07, 6.45) is 7.86. The van der Waals surface area contributed by atoms with Gasteiger partial charge in [-0.2, -0.15) is 9.41 Å². The third-order valence-corrected chi connectivity index (χ3v) is 7.75. The number of nitrogens with zero attached hydrogens (tertiary/aromatic N) is 2. The van der Waals surface area contributed by atoms with E-state index in [9.17, 15) is 18.0 Å². The molecule has 0 aromatic heterocycles. The molecular formula is C26H34N4O4S. The quantitative estimate of drug-likeness (QED) is 0.508. The molecule has 9 heteroatoms. The minimum atomic E-state index is -3.95. The van der Waals surface area contributed by atoms with E-state index >= 15 is 0 Å². The smallest absolute Gasteiger partial charge is 0.255 e. The molecule has 0 heterocycles. The van der Waals surface area contributed by atoms with Gasteiger partial charge in [0, 0.05) is 24.9 Å². The molecule has 0 saturated heterocycles. The van der Waals surface area contributed by atoms with Gasteiger partial charge in [-0.15, -0.1) is 0 Å². The third-order valence-electron chi connectivity index (χ3n) is 5.89. The zero-order valence-electron chi connectivity index (χ0n) is 20.2. The fourth-order valence-electron chi connectivity index (χ4n) is 4.01. The lowest BCUT2D eigenvalue weighted by molar-refractivity contribution is -0.121. The highest BCUT2D eigenvalue weighted by molar-refractivity contribution is 7.89. The minimum absolute atomic E-state index is 0.0544. The highest BCUT2D eigenvalue weighted by atomic mass is 32.2. The first-order valence-corrected chi connectivity index (χ1v) is 13.5. The Morgan fingerprint density at radius 3 is 2.17 bits per heavy atom. The lowest BCUT2D eigenvalue weighted by atomic mass is 9.99. The fourth-order valence-corrected chi connectivity index (χ4v) is 5.40. The maximum atomic E-state index is 13.4. The Morgan fingerprint density at radius 2 is 1.54 bits per heavy atom. The van der Waals surface area contributed by atoms with Crippen molar-refractivity contribution in [2.45, 2.75) is 63.2 Å². The van der Waals surface area contributed by atoms with Crippen molar-refractivity contribution >= 4 is 33.2 Å². The van der Waals surface area contributed by atoms with E-state index in [0.717, 1.165) is 37.0 Å². The maximum Gasteiger partial charge on any atom is 0.255 e. The van der Waals surface area contributed by atoms with E-state index < -0.39 is 15.9 Å². The Bertz CT molecular complexity index is 1110.